The molecular formula is C16H22. The van der Waals surface area contributed by atoms with Crippen LogP contribution in [0.2, 0.25) is 0 Å². The zero-order valence-electron chi connectivity index (χ0n) is 10.8. The topological polar surface area (TPSA) is 0 Å². The van der Waals surface area contributed by atoms with Gasteiger partial charge in [0.1, 0.15) is 0 Å². The largest absolute Gasteiger partial charge is 0.0813 e. The highest BCUT2D eigenvalue weighted by molar-refractivity contribution is 5.18. The van der Waals surface area contributed by atoms with Crippen molar-refractivity contribution in [3.05, 3.63) is 59.7 Å². The van der Waals surface area contributed by atoms with E-state index in [0.29, 0.717) is 11.8 Å². The van der Waals surface area contributed by atoms with Gasteiger partial charge in [-0.1, -0.05) is 73.5 Å². The zero-order chi connectivity index (χ0) is 12.0. The van der Waals surface area contributed by atoms with Gasteiger partial charge < -0.3 is 0 Å². The second-order valence-electron chi connectivity index (χ2n) is 4.60. The molecule has 1 aliphatic carbocycles. The second kappa shape index (κ2) is 6.32. The fourth-order valence-corrected chi connectivity index (χ4v) is 1.65. The summed E-state index contributed by atoms with van der Waals surface area (Å²) in [5, 5.41) is 0. The molecule has 0 N–H and O–H groups in total. The highest BCUT2D eigenvalue weighted by Crippen LogP contribution is 2.20. The minimum absolute atomic E-state index is 0.654. The predicted octanol–water partition coefficient (Wildman–Crippen LogP) is 4.77. The molecule has 2 atom stereocenters. The van der Waals surface area contributed by atoms with E-state index < -0.39 is 0 Å². The maximum Gasteiger partial charge on any atom is -0.00540 e. The summed E-state index contributed by atoms with van der Waals surface area (Å²) in [7, 11) is 0. The van der Waals surface area contributed by atoms with Crippen molar-refractivity contribution in [2.45, 2.75) is 27.7 Å². The predicted molar refractivity (Wildman–Crippen MR) is 72.4 cm³/mol. The molecule has 0 saturated heterocycles. The maximum absolute atomic E-state index is 2.32. The maximum atomic E-state index is 2.32. The lowest BCUT2D eigenvalue weighted by Gasteiger charge is -2.14. The summed E-state index contributed by atoms with van der Waals surface area (Å²) in [6.07, 6.45) is 6.86. The van der Waals surface area contributed by atoms with Crippen LogP contribution in [0, 0.1) is 18.8 Å². The lowest BCUT2D eigenvalue weighted by atomic mass is 9.92. The molecule has 2 rings (SSSR count). The summed E-state index contributed by atoms with van der Waals surface area (Å²) >= 11 is 0. The molecule has 0 spiro atoms. The van der Waals surface area contributed by atoms with Gasteiger partial charge in [0.25, 0.3) is 0 Å². The van der Waals surface area contributed by atoms with Crippen LogP contribution in [-0.4, -0.2) is 0 Å². The van der Waals surface area contributed by atoms with Crippen molar-refractivity contribution in [2.75, 3.05) is 0 Å². The molecule has 0 nitrogen and oxygen atoms in total. The number of aryl methyl sites for hydroxylation is 1. The molecule has 0 amide bonds. The first-order chi connectivity index (χ1) is 7.59. The fourth-order valence-electron chi connectivity index (χ4n) is 1.65. The minimum atomic E-state index is 0.654. The van der Waals surface area contributed by atoms with Gasteiger partial charge in [-0.3, -0.25) is 0 Å². The Morgan fingerprint density at radius 1 is 0.875 bits per heavy atom. The Labute approximate surface area is 99.7 Å². The van der Waals surface area contributed by atoms with E-state index in [1.165, 1.54) is 11.1 Å². The molecule has 0 aromatic heterocycles. The monoisotopic (exact) mass is 214 g/mol. The Kier molecular flexibility index (Phi) is 5.04. The van der Waals surface area contributed by atoms with Crippen LogP contribution in [0.25, 0.3) is 0 Å². The quantitative estimate of drug-likeness (QED) is 0.546. The van der Waals surface area contributed by atoms with Gasteiger partial charge in [0.15, 0.2) is 0 Å². The van der Waals surface area contributed by atoms with Crippen LogP contribution >= 0.6 is 0 Å². The van der Waals surface area contributed by atoms with Crippen molar-refractivity contribution in [2.24, 2.45) is 11.8 Å². The average molecular weight is 214 g/mol. The first-order valence-corrected chi connectivity index (χ1v) is 5.98. The Morgan fingerprint density at radius 2 is 1.50 bits per heavy atom. The van der Waals surface area contributed by atoms with Crippen molar-refractivity contribution < 1.29 is 0 Å². The lowest BCUT2D eigenvalue weighted by Crippen LogP contribution is -2.00. The number of allylic oxidation sites excluding steroid dienone is 4. The number of hydrogen-bond donors (Lipinski definition) is 0. The molecule has 0 heteroatoms. The molecule has 16 heavy (non-hydrogen) atoms. The van der Waals surface area contributed by atoms with Crippen LogP contribution in [0.5, 0.6) is 0 Å². The molecule has 1 aromatic rings. The molecule has 86 valence electrons. The van der Waals surface area contributed by atoms with Crippen molar-refractivity contribution in [3.8, 4) is 0 Å². The van der Waals surface area contributed by atoms with Gasteiger partial charge in [0, 0.05) is 0 Å². The summed E-state index contributed by atoms with van der Waals surface area (Å²) in [5.41, 5.74) is 2.83. The minimum Gasteiger partial charge on any atom is -0.0813 e. The molecule has 0 bridgehead atoms. The molecule has 0 radical (unpaired) electrons. The number of rotatable bonds is 0. The van der Waals surface area contributed by atoms with Crippen LogP contribution in [0.3, 0.4) is 0 Å². The van der Waals surface area contributed by atoms with Crippen LogP contribution in [0.1, 0.15) is 26.3 Å². The molecular weight excluding hydrogens is 192 g/mol. The van der Waals surface area contributed by atoms with E-state index in [-0.39, 0.29) is 0 Å². The van der Waals surface area contributed by atoms with Crippen LogP contribution in [0.15, 0.2) is 54.1 Å². The summed E-state index contributed by atoms with van der Waals surface area (Å²) in [5.74, 6) is 1.32. The van der Waals surface area contributed by atoms with E-state index in [4.69, 9.17) is 0 Å². The number of hydrogen-bond acceptors (Lipinski definition) is 0. The van der Waals surface area contributed by atoms with E-state index in [2.05, 4.69) is 58.1 Å². The first-order valence-electron chi connectivity index (χ1n) is 5.98. The van der Waals surface area contributed by atoms with Gasteiger partial charge in [0.05, 0.1) is 0 Å². The van der Waals surface area contributed by atoms with Crippen molar-refractivity contribution in [3.63, 3.8) is 0 Å². The van der Waals surface area contributed by atoms with Crippen molar-refractivity contribution in [1.29, 1.82) is 0 Å². The van der Waals surface area contributed by atoms with E-state index in [1.807, 2.05) is 18.2 Å². The van der Waals surface area contributed by atoms with E-state index in [0.717, 1.165) is 0 Å². The van der Waals surface area contributed by atoms with Crippen LogP contribution in [-0.2, 0) is 0 Å². The van der Waals surface area contributed by atoms with Gasteiger partial charge in [-0.15, -0.1) is 0 Å². The third kappa shape index (κ3) is 4.48. The highest BCUT2D eigenvalue weighted by atomic mass is 14.1. The summed E-state index contributed by atoms with van der Waals surface area (Å²) < 4.78 is 0. The zero-order valence-corrected chi connectivity index (χ0v) is 10.8. The van der Waals surface area contributed by atoms with E-state index >= 15 is 0 Å². The summed E-state index contributed by atoms with van der Waals surface area (Å²) in [4.78, 5) is 0. The Hall–Kier alpha value is -1.30. The molecule has 2 unspecified atom stereocenters. The Morgan fingerprint density at radius 3 is 1.88 bits per heavy atom. The standard InChI is InChI=1S/C9H14.C7H8/c1-7-4-5-8(2)9(3)6-7;1-7-5-3-2-4-6-7/h4-8H,1-3H3;2-6H,1H3. The van der Waals surface area contributed by atoms with Gasteiger partial charge in [-0.05, 0) is 25.7 Å². The molecule has 1 aromatic carbocycles. The third-order valence-electron chi connectivity index (χ3n) is 2.89. The molecule has 0 heterocycles. The summed E-state index contributed by atoms with van der Waals surface area (Å²) in [6.45, 7) is 8.73. The van der Waals surface area contributed by atoms with Gasteiger partial charge in [-0.2, -0.15) is 0 Å². The highest BCUT2D eigenvalue weighted by Gasteiger charge is 2.05. The normalized spacial score (nSPS) is 23.1. The van der Waals surface area contributed by atoms with E-state index in [9.17, 15) is 0 Å². The smallest absolute Gasteiger partial charge is 0.00540 e. The number of benzene rings is 1. The third-order valence-corrected chi connectivity index (χ3v) is 2.89. The fraction of sp³-hybridized carbons (Fsp3) is 0.375. The van der Waals surface area contributed by atoms with Crippen molar-refractivity contribution >= 4 is 0 Å². The average Bonchev–Trinajstić information content (AvgIpc) is 2.26. The molecule has 0 aliphatic heterocycles. The SMILES string of the molecule is CC1=CC(C)C=CC1C.Cc1ccccc1. The van der Waals surface area contributed by atoms with Crippen LogP contribution in [0.4, 0.5) is 0 Å². The lowest BCUT2D eigenvalue weighted by molar-refractivity contribution is 0.775. The Balaban J connectivity index is 0.000000165. The van der Waals surface area contributed by atoms with Gasteiger partial charge in [-0.25, -0.2) is 0 Å². The van der Waals surface area contributed by atoms with E-state index in [1.54, 1.807) is 0 Å². The Bertz CT molecular complexity index is 357. The second-order valence-corrected chi connectivity index (χ2v) is 4.60. The van der Waals surface area contributed by atoms with Gasteiger partial charge >= 0.3 is 0 Å². The first kappa shape index (κ1) is 12.8. The molecule has 1 aliphatic rings. The van der Waals surface area contributed by atoms with Crippen molar-refractivity contribution in [1.82, 2.24) is 0 Å². The molecule has 0 saturated carbocycles. The van der Waals surface area contributed by atoms with Crippen LogP contribution < -0.4 is 0 Å². The van der Waals surface area contributed by atoms with Gasteiger partial charge in [0.2, 0.25) is 0 Å². The summed E-state index contributed by atoms with van der Waals surface area (Å²) in [6, 6.07) is 10.3. The molecule has 0 fully saturated rings.